The third-order valence-electron chi connectivity index (χ3n) is 2.04. The molecule has 9 heteroatoms. The van der Waals surface area contributed by atoms with Gasteiger partial charge in [0.15, 0.2) is 5.69 Å². The van der Waals surface area contributed by atoms with Crippen LogP contribution in [0.2, 0.25) is 0 Å². The maximum Gasteiger partial charge on any atom is 0.287 e. The number of likely N-dealkylation sites (N-methyl/N-ethyl adjacent to an activating group) is 1. The molecule has 0 saturated heterocycles. The lowest BCUT2D eigenvalue weighted by atomic mass is 10.4. The van der Waals surface area contributed by atoms with Crippen LogP contribution in [0.3, 0.4) is 0 Å². The van der Waals surface area contributed by atoms with Gasteiger partial charge in [0, 0.05) is 6.54 Å². The normalized spacial score (nSPS) is 10.5. The van der Waals surface area contributed by atoms with E-state index in [1.54, 1.807) is 11.9 Å². The quantitative estimate of drug-likeness (QED) is 0.282. The van der Waals surface area contributed by atoms with Crippen LogP contribution >= 0.6 is 0 Å². The average Bonchev–Trinajstić information content (AvgIpc) is 2.73. The van der Waals surface area contributed by atoms with Gasteiger partial charge in [-0.15, -0.1) is 5.10 Å². The summed E-state index contributed by atoms with van der Waals surface area (Å²) < 4.78 is 1.49. The second-order valence-electron chi connectivity index (χ2n) is 3.54. The van der Waals surface area contributed by atoms with Crippen LogP contribution in [0.4, 0.5) is 0 Å². The van der Waals surface area contributed by atoms with E-state index in [0.29, 0.717) is 13.1 Å². The highest BCUT2D eigenvalue weighted by atomic mass is 16.2. The Morgan fingerprint density at radius 2 is 2.29 bits per heavy atom. The number of hydrogen-bond donors (Lipinski definition) is 3. The SMILES string of the molecule is CN(CCn1cc(C(=O)NN)nn1)CC(N)=O. The molecule has 0 aromatic carbocycles. The number of nitrogens with two attached hydrogens (primary N) is 2. The van der Waals surface area contributed by atoms with Crippen LogP contribution in [0.15, 0.2) is 6.20 Å². The van der Waals surface area contributed by atoms with Crippen molar-refractivity contribution in [3.8, 4) is 0 Å². The fraction of sp³-hybridized carbons (Fsp3) is 0.500. The van der Waals surface area contributed by atoms with Gasteiger partial charge in [-0.2, -0.15) is 0 Å². The molecule has 0 aliphatic carbocycles. The van der Waals surface area contributed by atoms with Crippen LogP contribution in [0.25, 0.3) is 0 Å². The summed E-state index contributed by atoms with van der Waals surface area (Å²) in [5, 5.41) is 7.38. The Hall–Kier alpha value is -2.00. The Morgan fingerprint density at radius 3 is 2.88 bits per heavy atom. The smallest absolute Gasteiger partial charge is 0.287 e. The van der Waals surface area contributed by atoms with Gasteiger partial charge in [0.2, 0.25) is 5.91 Å². The van der Waals surface area contributed by atoms with Crippen molar-refractivity contribution in [1.29, 1.82) is 0 Å². The zero-order chi connectivity index (χ0) is 12.8. The molecule has 0 unspecified atom stereocenters. The monoisotopic (exact) mass is 241 g/mol. The zero-order valence-corrected chi connectivity index (χ0v) is 9.46. The minimum atomic E-state index is -0.498. The molecule has 0 spiro atoms. The topological polar surface area (TPSA) is 132 Å². The fourth-order valence-electron chi connectivity index (χ4n) is 1.20. The van der Waals surface area contributed by atoms with Crippen molar-refractivity contribution in [1.82, 2.24) is 25.3 Å². The van der Waals surface area contributed by atoms with Gasteiger partial charge in [-0.25, -0.2) is 5.84 Å². The molecule has 94 valence electrons. The third-order valence-corrected chi connectivity index (χ3v) is 2.04. The first-order valence-electron chi connectivity index (χ1n) is 4.91. The summed E-state index contributed by atoms with van der Waals surface area (Å²) in [6.45, 7) is 1.23. The van der Waals surface area contributed by atoms with E-state index in [0.717, 1.165) is 0 Å². The Labute approximate surface area is 97.7 Å². The Morgan fingerprint density at radius 1 is 1.59 bits per heavy atom. The molecule has 0 bridgehead atoms. The summed E-state index contributed by atoms with van der Waals surface area (Å²) in [5.74, 6) is 4.06. The van der Waals surface area contributed by atoms with Crippen molar-refractivity contribution < 1.29 is 9.59 Å². The molecule has 1 heterocycles. The van der Waals surface area contributed by atoms with Gasteiger partial charge in [0.25, 0.3) is 5.91 Å². The van der Waals surface area contributed by atoms with E-state index in [-0.39, 0.29) is 12.2 Å². The van der Waals surface area contributed by atoms with Crippen molar-refractivity contribution in [3.05, 3.63) is 11.9 Å². The van der Waals surface area contributed by atoms with E-state index < -0.39 is 11.8 Å². The van der Waals surface area contributed by atoms with E-state index in [4.69, 9.17) is 11.6 Å². The van der Waals surface area contributed by atoms with Crippen molar-refractivity contribution in [3.63, 3.8) is 0 Å². The van der Waals surface area contributed by atoms with E-state index in [9.17, 15) is 9.59 Å². The lowest BCUT2D eigenvalue weighted by Gasteiger charge is -2.13. The number of carbonyl (C=O) groups excluding carboxylic acids is 2. The number of hydrazine groups is 1. The standard InChI is InChI=1S/C8H15N7O2/c1-14(5-7(9)16)2-3-15-4-6(12-13-15)8(17)11-10/h4H,2-3,5,10H2,1H3,(H2,9,16)(H,11,17). The first kappa shape index (κ1) is 13.1. The van der Waals surface area contributed by atoms with Crippen LogP contribution < -0.4 is 17.0 Å². The minimum absolute atomic E-state index is 0.144. The highest BCUT2D eigenvalue weighted by Crippen LogP contribution is 1.93. The van der Waals surface area contributed by atoms with E-state index in [1.165, 1.54) is 10.9 Å². The molecule has 0 aliphatic heterocycles. The second kappa shape index (κ2) is 5.92. The molecule has 17 heavy (non-hydrogen) atoms. The number of nitrogens with one attached hydrogen (secondary N) is 1. The van der Waals surface area contributed by atoms with Crippen LogP contribution in [0, 0.1) is 0 Å². The molecular weight excluding hydrogens is 226 g/mol. The summed E-state index contributed by atoms with van der Waals surface area (Å²) in [6.07, 6.45) is 1.47. The number of nitrogens with zero attached hydrogens (tertiary/aromatic N) is 4. The highest BCUT2D eigenvalue weighted by molar-refractivity contribution is 5.91. The Balaban J connectivity index is 2.44. The molecular formula is C8H15N7O2. The van der Waals surface area contributed by atoms with Crippen LogP contribution in [0.5, 0.6) is 0 Å². The van der Waals surface area contributed by atoms with Crippen LogP contribution in [0.1, 0.15) is 10.5 Å². The third kappa shape index (κ3) is 4.17. The van der Waals surface area contributed by atoms with Gasteiger partial charge >= 0.3 is 0 Å². The van der Waals surface area contributed by atoms with Gasteiger partial charge in [-0.1, -0.05) is 5.21 Å². The highest BCUT2D eigenvalue weighted by Gasteiger charge is 2.09. The predicted molar refractivity (Wildman–Crippen MR) is 58.4 cm³/mol. The molecule has 9 nitrogen and oxygen atoms in total. The average molecular weight is 241 g/mol. The van der Waals surface area contributed by atoms with Crippen molar-refractivity contribution in [2.24, 2.45) is 11.6 Å². The van der Waals surface area contributed by atoms with E-state index >= 15 is 0 Å². The van der Waals surface area contributed by atoms with Gasteiger partial charge in [-0.05, 0) is 7.05 Å². The summed E-state index contributed by atoms with van der Waals surface area (Å²) in [5.41, 5.74) is 7.14. The van der Waals surface area contributed by atoms with Crippen molar-refractivity contribution >= 4 is 11.8 Å². The number of carbonyl (C=O) groups is 2. The summed E-state index contributed by atoms with van der Waals surface area (Å²) in [6, 6.07) is 0. The van der Waals surface area contributed by atoms with Gasteiger partial charge in [-0.3, -0.25) is 24.6 Å². The zero-order valence-electron chi connectivity index (χ0n) is 9.46. The van der Waals surface area contributed by atoms with Gasteiger partial charge < -0.3 is 5.73 Å². The Kier molecular flexibility index (Phi) is 4.55. The maximum atomic E-state index is 11.1. The van der Waals surface area contributed by atoms with Crippen molar-refractivity contribution in [2.75, 3.05) is 20.1 Å². The largest absolute Gasteiger partial charge is 0.369 e. The van der Waals surface area contributed by atoms with Gasteiger partial charge in [0.1, 0.15) is 0 Å². The number of primary amides is 1. The minimum Gasteiger partial charge on any atom is -0.369 e. The summed E-state index contributed by atoms with van der Waals surface area (Å²) >= 11 is 0. The first-order chi connectivity index (χ1) is 8.02. The fourth-order valence-corrected chi connectivity index (χ4v) is 1.20. The van der Waals surface area contributed by atoms with E-state index in [1.807, 2.05) is 5.43 Å². The number of hydrogen-bond acceptors (Lipinski definition) is 6. The molecule has 0 aliphatic rings. The second-order valence-corrected chi connectivity index (χ2v) is 3.54. The molecule has 0 fully saturated rings. The molecule has 1 aromatic heterocycles. The number of nitrogen functional groups attached to an aromatic ring is 1. The van der Waals surface area contributed by atoms with Crippen molar-refractivity contribution in [2.45, 2.75) is 6.54 Å². The number of rotatable bonds is 6. The lowest BCUT2D eigenvalue weighted by Crippen LogP contribution is -2.33. The number of amides is 2. The van der Waals surface area contributed by atoms with Gasteiger partial charge in [0.05, 0.1) is 19.3 Å². The molecule has 2 amide bonds. The molecule has 1 rings (SSSR count). The molecule has 1 aromatic rings. The molecule has 0 atom stereocenters. The predicted octanol–water partition coefficient (Wildman–Crippen LogP) is -2.70. The number of aromatic nitrogens is 3. The molecule has 0 radical (unpaired) electrons. The lowest BCUT2D eigenvalue weighted by molar-refractivity contribution is -0.118. The summed E-state index contributed by atoms with van der Waals surface area (Å²) in [7, 11) is 1.76. The van der Waals surface area contributed by atoms with Crippen LogP contribution in [-0.4, -0.2) is 51.8 Å². The Bertz CT molecular complexity index is 402. The van der Waals surface area contributed by atoms with E-state index in [2.05, 4.69) is 10.3 Å². The van der Waals surface area contributed by atoms with Crippen LogP contribution in [-0.2, 0) is 11.3 Å². The molecule has 0 saturated carbocycles. The maximum absolute atomic E-state index is 11.1. The first-order valence-corrected chi connectivity index (χ1v) is 4.91. The summed E-state index contributed by atoms with van der Waals surface area (Å²) in [4.78, 5) is 23.5. The molecule has 5 N–H and O–H groups in total.